The van der Waals surface area contributed by atoms with Gasteiger partial charge in [0.15, 0.2) is 0 Å². The van der Waals surface area contributed by atoms with Gasteiger partial charge in [0.2, 0.25) is 0 Å². The first-order valence-electron chi connectivity index (χ1n) is 8.35. The van der Waals surface area contributed by atoms with Gasteiger partial charge in [0.25, 0.3) is 0 Å². The predicted molar refractivity (Wildman–Crippen MR) is 92.8 cm³/mol. The SMILES string of the molecule is CCC[C@H](O)C(C)N1c2ccccc2CCc2ccccc21. The maximum absolute atomic E-state index is 10.6. The van der Waals surface area contributed by atoms with Crippen LogP contribution in [0.2, 0.25) is 0 Å². The summed E-state index contributed by atoms with van der Waals surface area (Å²) in [5.74, 6) is 0. The maximum Gasteiger partial charge on any atom is 0.0744 e. The van der Waals surface area contributed by atoms with Gasteiger partial charge >= 0.3 is 0 Å². The van der Waals surface area contributed by atoms with E-state index >= 15 is 0 Å². The molecular weight excluding hydrogens is 270 g/mol. The first kappa shape index (κ1) is 15.1. The fraction of sp³-hybridized carbons (Fsp3) is 0.400. The smallest absolute Gasteiger partial charge is 0.0744 e. The van der Waals surface area contributed by atoms with Crippen molar-refractivity contribution in [2.45, 2.75) is 51.7 Å². The van der Waals surface area contributed by atoms with E-state index in [4.69, 9.17) is 0 Å². The molecule has 0 radical (unpaired) electrons. The van der Waals surface area contributed by atoms with Gasteiger partial charge in [-0.25, -0.2) is 0 Å². The molecule has 3 rings (SSSR count). The number of aliphatic hydroxyl groups excluding tert-OH is 1. The quantitative estimate of drug-likeness (QED) is 0.899. The Hall–Kier alpha value is -1.80. The Labute approximate surface area is 133 Å². The largest absolute Gasteiger partial charge is 0.391 e. The topological polar surface area (TPSA) is 23.5 Å². The van der Waals surface area contributed by atoms with E-state index < -0.39 is 0 Å². The van der Waals surface area contributed by atoms with Gasteiger partial charge in [-0.05, 0) is 49.4 Å². The molecule has 1 N–H and O–H groups in total. The molecule has 2 heteroatoms. The molecule has 1 unspecified atom stereocenters. The number of nitrogens with zero attached hydrogens (tertiary/aromatic N) is 1. The molecule has 1 heterocycles. The second kappa shape index (κ2) is 6.53. The third kappa shape index (κ3) is 2.76. The number of rotatable bonds is 4. The monoisotopic (exact) mass is 295 g/mol. The van der Waals surface area contributed by atoms with E-state index in [1.807, 2.05) is 0 Å². The van der Waals surface area contributed by atoms with E-state index in [1.165, 1.54) is 22.5 Å². The molecule has 0 bridgehead atoms. The number of fused-ring (bicyclic) bond motifs is 2. The Morgan fingerprint density at radius 1 is 0.955 bits per heavy atom. The molecule has 2 aromatic rings. The molecule has 0 spiro atoms. The van der Waals surface area contributed by atoms with Crippen LogP contribution in [0.3, 0.4) is 0 Å². The Bertz CT molecular complexity index is 590. The summed E-state index contributed by atoms with van der Waals surface area (Å²) < 4.78 is 0. The number of hydrogen-bond donors (Lipinski definition) is 1. The second-order valence-electron chi connectivity index (χ2n) is 6.22. The molecule has 0 fully saturated rings. The molecule has 0 aliphatic carbocycles. The number of aryl methyl sites for hydroxylation is 2. The number of anilines is 2. The summed E-state index contributed by atoms with van der Waals surface area (Å²) in [6, 6.07) is 17.3. The van der Waals surface area contributed by atoms with Crippen LogP contribution in [0.4, 0.5) is 11.4 Å². The normalized spacial score (nSPS) is 16.4. The summed E-state index contributed by atoms with van der Waals surface area (Å²) in [7, 11) is 0. The Morgan fingerprint density at radius 3 is 1.95 bits per heavy atom. The summed E-state index contributed by atoms with van der Waals surface area (Å²) in [4.78, 5) is 2.35. The number of benzene rings is 2. The highest BCUT2D eigenvalue weighted by atomic mass is 16.3. The van der Waals surface area contributed by atoms with Gasteiger partial charge in [-0.15, -0.1) is 0 Å². The van der Waals surface area contributed by atoms with Crippen molar-refractivity contribution < 1.29 is 5.11 Å². The van der Waals surface area contributed by atoms with Crippen LogP contribution in [0.5, 0.6) is 0 Å². The van der Waals surface area contributed by atoms with Crippen LogP contribution in [0, 0.1) is 0 Å². The van der Waals surface area contributed by atoms with Crippen LogP contribution in [0.15, 0.2) is 48.5 Å². The Morgan fingerprint density at radius 2 is 1.45 bits per heavy atom. The van der Waals surface area contributed by atoms with E-state index in [0.29, 0.717) is 0 Å². The fourth-order valence-electron chi connectivity index (χ4n) is 3.46. The highest BCUT2D eigenvalue weighted by Crippen LogP contribution is 2.38. The van der Waals surface area contributed by atoms with Crippen LogP contribution in [-0.4, -0.2) is 17.3 Å². The molecule has 2 nitrogen and oxygen atoms in total. The lowest BCUT2D eigenvalue weighted by molar-refractivity contribution is 0.140. The highest BCUT2D eigenvalue weighted by Gasteiger charge is 2.27. The van der Waals surface area contributed by atoms with Gasteiger partial charge in [-0.3, -0.25) is 0 Å². The molecule has 1 aliphatic heterocycles. The summed E-state index contributed by atoms with van der Waals surface area (Å²) >= 11 is 0. The highest BCUT2D eigenvalue weighted by molar-refractivity contribution is 5.72. The van der Waals surface area contributed by atoms with Crippen molar-refractivity contribution in [3.8, 4) is 0 Å². The van der Waals surface area contributed by atoms with Gasteiger partial charge in [0.1, 0.15) is 0 Å². The van der Waals surface area contributed by atoms with E-state index in [0.717, 1.165) is 25.7 Å². The average molecular weight is 295 g/mol. The summed E-state index contributed by atoms with van der Waals surface area (Å²) in [5.41, 5.74) is 5.23. The van der Waals surface area contributed by atoms with Crippen molar-refractivity contribution in [1.82, 2.24) is 0 Å². The van der Waals surface area contributed by atoms with Crippen molar-refractivity contribution in [2.75, 3.05) is 4.90 Å². The van der Waals surface area contributed by atoms with Crippen LogP contribution in [0.25, 0.3) is 0 Å². The van der Waals surface area contributed by atoms with Crippen molar-refractivity contribution in [2.24, 2.45) is 0 Å². The fourth-order valence-corrected chi connectivity index (χ4v) is 3.46. The first-order chi connectivity index (χ1) is 10.7. The molecule has 0 saturated heterocycles. The first-order valence-corrected chi connectivity index (χ1v) is 8.35. The van der Waals surface area contributed by atoms with Crippen molar-refractivity contribution in [3.05, 3.63) is 59.7 Å². The van der Waals surface area contributed by atoms with Crippen molar-refractivity contribution >= 4 is 11.4 Å². The third-order valence-electron chi connectivity index (χ3n) is 4.71. The molecule has 2 atom stereocenters. The molecule has 1 aliphatic rings. The Balaban J connectivity index is 2.09. The minimum atomic E-state index is -0.316. The molecule has 0 saturated carbocycles. The predicted octanol–water partition coefficient (Wildman–Crippen LogP) is 4.47. The third-order valence-corrected chi connectivity index (χ3v) is 4.71. The van der Waals surface area contributed by atoms with Crippen LogP contribution >= 0.6 is 0 Å². The molecule has 0 aromatic heterocycles. The Kier molecular flexibility index (Phi) is 4.49. The second-order valence-corrected chi connectivity index (χ2v) is 6.22. The van der Waals surface area contributed by atoms with Gasteiger partial charge < -0.3 is 10.0 Å². The van der Waals surface area contributed by atoms with Gasteiger partial charge in [-0.1, -0.05) is 49.7 Å². The minimum absolute atomic E-state index is 0.0698. The van der Waals surface area contributed by atoms with Gasteiger partial charge in [0, 0.05) is 11.4 Å². The van der Waals surface area contributed by atoms with Gasteiger partial charge in [-0.2, -0.15) is 0 Å². The molecular formula is C20H25NO. The number of para-hydroxylation sites is 2. The van der Waals surface area contributed by atoms with E-state index in [1.54, 1.807) is 0 Å². The van der Waals surface area contributed by atoms with E-state index in [9.17, 15) is 5.11 Å². The standard InChI is InChI=1S/C20H25NO/c1-3-8-20(22)15(2)21-18-11-6-4-9-16(18)13-14-17-10-5-7-12-19(17)21/h4-7,9-12,15,20,22H,3,8,13-14H2,1-2H3/t15?,20-/m0/s1. The zero-order valence-electron chi connectivity index (χ0n) is 13.5. The zero-order valence-corrected chi connectivity index (χ0v) is 13.5. The van der Waals surface area contributed by atoms with Crippen LogP contribution in [0.1, 0.15) is 37.8 Å². The van der Waals surface area contributed by atoms with Gasteiger partial charge in [0.05, 0.1) is 12.1 Å². The van der Waals surface area contributed by atoms with Crippen molar-refractivity contribution in [3.63, 3.8) is 0 Å². The molecule has 22 heavy (non-hydrogen) atoms. The lowest BCUT2D eigenvalue weighted by atomic mass is 10.0. The van der Waals surface area contributed by atoms with E-state index in [-0.39, 0.29) is 12.1 Å². The van der Waals surface area contributed by atoms with Crippen LogP contribution < -0.4 is 4.90 Å². The summed E-state index contributed by atoms with van der Waals surface area (Å²) in [5, 5.41) is 10.6. The maximum atomic E-state index is 10.6. The molecule has 0 amide bonds. The minimum Gasteiger partial charge on any atom is -0.391 e. The summed E-state index contributed by atoms with van der Waals surface area (Å²) in [6.07, 6.45) is 3.63. The summed E-state index contributed by atoms with van der Waals surface area (Å²) in [6.45, 7) is 4.26. The number of aliphatic hydroxyl groups is 1. The van der Waals surface area contributed by atoms with Crippen LogP contribution in [-0.2, 0) is 12.8 Å². The zero-order chi connectivity index (χ0) is 15.5. The average Bonchev–Trinajstić information content (AvgIpc) is 2.71. The molecule has 116 valence electrons. The van der Waals surface area contributed by atoms with E-state index in [2.05, 4.69) is 67.3 Å². The van der Waals surface area contributed by atoms with Crippen molar-refractivity contribution in [1.29, 1.82) is 0 Å². The molecule has 2 aromatic carbocycles. The lowest BCUT2D eigenvalue weighted by Gasteiger charge is -2.35. The number of hydrogen-bond acceptors (Lipinski definition) is 2. The lowest BCUT2D eigenvalue weighted by Crippen LogP contribution is -2.39.